The van der Waals surface area contributed by atoms with Gasteiger partial charge in [0.15, 0.2) is 5.82 Å². The first-order valence-corrected chi connectivity index (χ1v) is 23.1. The summed E-state index contributed by atoms with van der Waals surface area (Å²) in [6.07, 6.45) is 8.58. The molecule has 5 aromatic heterocycles. The monoisotopic (exact) mass is 922 g/mol. The van der Waals surface area contributed by atoms with Crippen LogP contribution in [-0.4, -0.2) is 103 Å². The number of carbonyl (C=O) groups excluding carboxylic acids is 1. The average Bonchev–Trinajstić information content (AvgIpc) is 4.10. The Balaban J connectivity index is 0.000000155. The highest BCUT2D eigenvalue weighted by molar-refractivity contribution is 6.35. The highest BCUT2D eigenvalue weighted by Crippen LogP contribution is 2.38. The van der Waals surface area contributed by atoms with E-state index in [0.717, 1.165) is 130 Å². The summed E-state index contributed by atoms with van der Waals surface area (Å²) in [5.41, 5.74) is 16.0. The van der Waals surface area contributed by atoms with Gasteiger partial charge in [-0.3, -0.25) is 29.0 Å². The fourth-order valence-corrected chi connectivity index (χ4v) is 9.54. The van der Waals surface area contributed by atoms with Gasteiger partial charge >= 0.3 is 0 Å². The van der Waals surface area contributed by atoms with E-state index in [1.54, 1.807) is 6.20 Å². The Morgan fingerprint density at radius 1 is 0.667 bits per heavy atom. The standard InChI is InChI=1S/C25H24ClN7O.C24H24ClN5O2/c1-2-4-22-30-24-18(25-28-15-29-31-25)13-16(32-9-11-34-12-10-32)14-21(24)33(22)20-7-8-27-23-17(20)5-3-6-19(23)26;1-2-4-21-28-23-17(24(26)31)13-15(29-9-11-32-12-10-29)14-20(23)30(21)19-7-8-27-22-16(19)5-3-6-18(22)25/h3,5-8,13-15H,2,4,9-12H2,1H3,(H,28,29,31);3,5-8,13-14H,2,4,9-12H2,1H3,(H2,26,31). The van der Waals surface area contributed by atoms with Crippen molar-refractivity contribution in [2.45, 2.75) is 39.5 Å². The number of pyridine rings is 2. The molecule has 0 spiro atoms. The van der Waals surface area contributed by atoms with Gasteiger partial charge in [0.1, 0.15) is 29.0 Å². The number of nitrogens with one attached hydrogen (secondary N) is 1. The van der Waals surface area contributed by atoms with Crippen LogP contribution in [0.1, 0.15) is 48.7 Å². The fourth-order valence-electron chi connectivity index (χ4n) is 9.09. The van der Waals surface area contributed by atoms with Crippen LogP contribution in [0.5, 0.6) is 0 Å². The number of anilines is 2. The molecule has 15 nitrogen and oxygen atoms in total. The van der Waals surface area contributed by atoms with Gasteiger partial charge in [-0.15, -0.1) is 0 Å². The van der Waals surface area contributed by atoms with E-state index in [1.807, 2.05) is 54.7 Å². The van der Waals surface area contributed by atoms with E-state index in [1.165, 1.54) is 6.33 Å². The normalized spacial score (nSPS) is 14.4. The number of amides is 1. The topological polar surface area (TPSA) is 171 Å². The van der Waals surface area contributed by atoms with Crippen LogP contribution < -0.4 is 15.5 Å². The number of morpholine rings is 2. The van der Waals surface area contributed by atoms with E-state index in [4.69, 9.17) is 48.4 Å². The number of nitrogens with two attached hydrogens (primary N) is 1. The third-order valence-electron chi connectivity index (χ3n) is 12.1. The summed E-state index contributed by atoms with van der Waals surface area (Å²) in [5, 5.41) is 10.3. The zero-order valence-electron chi connectivity index (χ0n) is 36.7. The Labute approximate surface area is 390 Å². The van der Waals surface area contributed by atoms with Crippen LogP contribution in [0.4, 0.5) is 11.4 Å². The van der Waals surface area contributed by atoms with Gasteiger partial charge < -0.3 is 25.0 Å². The van der Waals surface area contributed by atoms with E-state index in [9.17, 15) is 4.79 Å². The number of halogens is 2. The number of H-pyrrole nitrogens is 1. The number of hydrogen-bond donors (Lipinski definition) is 2. The summed E-state index contributed by atoms with van der Waals surface area (Å²) in [4.78, 5) is 40.5. The minimum absolute atomic E-state index is 0.427. The molecule has 2 aliphatic heterocycles. The molecule has 1 amide bonds. The van der Waals surface area contributed by atoms with Crippen LogP contribution in [-0.2, 0) is 22.3 Å². The third-order valence-corrected chi connectivity index (χ3v) is 12.8. The van der Waals surface area contributed by atoms with Crippen molar-refractivity contribution < 1.29 is 14.3 Å². The Hall–Kier alpha value is -6.65. The van der Waals surface area contributed by atoms with E-state index in [0.29, 0.717) is 53.4 Å². The number of aromatic nitrogens is 9. The molecule has 0 bridgehead atoms. The minimum atomic E-state index is -0.486. The maximum atomic E-state index is 12.4. The first-order chi connectivity index (χ1) is 32.3. The molecule has 0 atom stereocenters. The Bertz CT molecular complexity index is 3230. The molecule has 17 heteroatoms. The van der Waals surface area contributed by atoms with Crippen LogP contribution in [0.15, 0.2) is 91.5 Å². The Morgan fingerprint density at radius 2 is 1.18 bits per heavy atom. The maximum Gasteiger partial charge on any atom is 0.251 e. The van der Waals surface area contributed by atoms with Gasteiger partial charge in [0.2, 0.25) is 0 Å². The molecule has 336 valence electrons. The van der Waals surface area contributed by atoms with Crippen molar-refractivity contribution in [3.63, 3.8) is 0 Å². The lowest BCUT2D eigenvalue weighted by atomic mass is 10.1. The van der Waals surface area contributed by atoms with Crippen LogP contribution in [0.2, 0.25) is 10.0 Å². The predicted molar refractivity (Wildman–Crippen MR) is 261 cm³/mol. The van der Waals surface area contributed by atoms with Crippen LogP contribution >= 0.6 is 23.2 Å². The van der Waals surface area contributed by atoms with Crippen molar-refractivity contribution >= 4 is 84.4 Å². The predicted octanol–water partition coefficient (Wildman–Crippen LogP) is 8.92. The number of carbonyl (C=O) groups is 1. The molecule has 7 heterocycles. The number of ether oxygens (including phenoxy) is 2. The SMILES string of the molecule is CCCc1nc2c(-c3ncn[nH]3)cc(N3CCOCC3)cc2n1-c1ccnc2c(Cl)cccc12.CCCc1nc2c(C(N)=O)cc(N3CCOCC3)cc2n1-c1ccnc2c(Cl)cccc12. The molecule has 0 aliphatic carbocycles. The van der Waals surface area contributed by atoms with Gasteiger partial charge in [0.25, 0.3) is 5.91 Å². The molecule has 2 fully saturated rings. The summed E-state index contributed by atoms with van der Waals surface area (Å²) in [6.45, 7) is 10.2. The van der Waals surface area contributed by atoms with Gasteiger partial charge in [-0.05, 0) is 61.4 Å². The minimum Gasteiger partial charge on any atom is -0.378 e. The molecule has 66 heavy (non-hydrogen) atoms. The second kappa shape index (κ2) is 18.7. The highest BCUT2D eigenvalue weighted by atomic mass is 35.5. The molecular weight excluding hydrogens is 876 g/mol. The van der Waals surface area contributed by atoms with E-state index >= 15 is 0 Å². The van der Waals surface area contributed by atoms with Crippen LogP contribution in [0.25, 0.3) is 66.6 Å². The lowest BCUT2D eigenvalue weighted by Crippen LogP contribution is -2.36. The first-order valence-electron chi connectivity index (χ1n) is 22.3. The van der Waals surface area contributed by atoms with E-state index in [2.05, 4.69) is 82.2 Å². The van der Waals surface area contributed by atoms with E-state index in [-0.39, 0.29) is 0 Å². The summed E-state index contributed by atoms with van der Waals surface area (Å²) >= 11 is 12.9. The van der Waals surface area contributed by atoms with Crippen molar-refractivity contribution in [3.05, 3.63) is 119 Å². The zero-order valence-corrected chi connectivity index (χ0v) is 38.2. The second-order valence-electron chi connectivity index (χ2n) is 16.3. The van der Waals surface area contributed by atoms with E-state index < -0.39 is 5.91 Å². The van der Waals surface area contributed by atoms with Gasteiger partial charge in [0.05, 0.1) is 75.5 Å². The summed E-state index contributed by atoms with van der Waals surface area (Å²) in [6, 6.07) is 24.0. The number of primary amides is 1. The van der Waals surface area contributed by atoms with Crippen molar-refractivity contribution in [2.24, 2.45) is 5.73 Å². The Kier molecular flexibility index (Phi) is 12.2. The molecule has 4 aromatic carbocycles. The number of hydrogen-bond acceptors (Lipinski definition) is 11. The molecular formula is C49H48Cl2N12O3. The molecule has 9 aromatic rings. The molecule has 3 N–H and O–H groups in total. The first kappa shape index (κ1) is 43.3. The fraction of sp³-hybridized carbons (Fsp3) is 0.286. The highest BCUT2D eigenvalue weighted by Gasteiger charge is 2.25. The number of aryl methyl sites for hydroxylation is 2. The average molecular weight is 924 g/mol. The lowest BCUT2D eigenvalue weighted by Gasteiger charge is -2.29. The Morgan fingerprint density at radius 3 is 1.68 bits per heavy atom. The number of rotatable bonds is 10. The second-order valence-corrected chi connectivity index (χ2v) is 17.1. The zero-order chi connectivity index (χ0) is 45.3. The summed E-state index contributed by atoms with van der Waals surface area (Å²) < 4.78 is 15.5. The number of fused-ring (bicyclic) bond motifs is 4. The molecule has 2 aliphatic rings. The number of benzene rings is 4. The van der Waals surface area contributed by atoms with Gasteiger partial charge in [-0.1, -0.05) is 61.3 Å². The van der Waals surface area contributed by atoms with Crippen molar-refractivity contribution in [1.82, 2.24) is 44.3 Å². The van der Waals surface area contributed by atoms with Gasteiger partial charge in [-0.2, -0.15) is 5.10 Å². The van der Waals surface area contributed by atoms with Crippen molar-refractivity contribution in [2.75, 3.05) is 62.4 Å². The molecule has 2 saturated heterocycles. The van der Waals surface area contributed by atoms with Gasteiger partial charge in [0, 0.05) is 79.1 Å². The quantitative estimate of drug-likeness (QED) is 0.134. The van der Waals surface area contributed by atoms with Crippen LogP contribution in [0.3, 0.4) is 0 Å². The number of nitrogens with zero attached hydrogens (tertiary/aromatic N) is 10. The summed E-state index contributed by atoms with van der Waals surface area (Å²) in [7, 11) is 0. The summed E-state index contributed by atoms with van der Waals surface area (Å²) in [5.74, 6) is 2.08. The van der Waals surface area contributed by atoms with Crippen LogP contribution in [0, 0.1) is 0 Å². The van der Waals surface area contributed by atoms with Crippen molar-refractivity contribution in [1.29, 1.82) is 0 Å². The number of imidazole rings is 2. The van der Waals surface area contributed by atoms with Crippen molar-refractivity contribution in [3.8, 4) is 22.8 Å². The number of para-hydroxylation sites is 2. The molecule has 11 rings (SSSR count). The lowest BCUT2D eigenvalue weighted by molar-refractivity contribution is 0.100. The van der Waals surface area contributed by atoms with Gasteiger partial charge in [-0.25, -0.2) is 15.0 Å². The largest absolute Gasteiger partial charge is 0.378 e. The molecule has 0 radical (unpaired) electrons. The molecule has 0 saturated carbocycles. The third kappa shape index (κ3) is 8.06. The number of aromatic amines is 1. The maximum absolute atomic E-state index is 12.4. The smallest absolute Gasteiger partial charge is 0.251 e. The molecule has 0 unspecified atom stereocenters.